The van der Waals surface area contributed by atoms with Crippen molar-refractivity contribution in [2.24, 2.45) is 0 Å². The molecule has 4 nitrogen and oxygen atoms in total. The molecule has 0 bridgehead atoms. The van der Waals surface area contributed by atoms with E-state index < -0.39 is 9.84 Å². The van der Waals surface area contributed by atoms with Crippen LogP contribution >= 0.6 is 11.3 Å². The third-order valence-corrected chi connectivity index (χ3v) is 4.65. The van der Waals surface area contributed by atoms with Crippen LogP contribution in [0.4, 0.5) is 0 Å². The van der Waals surface area contributed by atoms with Gasteiger partial charge in [0.25, 0.3) is 0 Å². The molecule has 1 aromatic rings. The summed E-state index contributed by atoms with van der Waals surface area (Å²) in [6, 6.07) is 0. The highest BCUT2D eigenvalue weighted by atomic mass is 32.2. The van der Waals surface area contributed by atoms with Crippen LogP contribution in [0.15, 0.2) is 9.72 Å². The van der Waals surface area contributed by atoms with Crippen molar-refractivity contribution in [1.29, 1.82) is 0 Å². The zero-order valence-electron chi connectivity index (χ0n) is 7.57. The number of hydrogen-bond donors (Lipinski definition) is 1. The van der Waals surface area contributed by atoms with Crippen LogP contribution in [0.5, 0.6) is 0 Å². The Morgan fingerprint density at radius 3 is 2.85 bits per heavy atom. The van der Waals surface area contributed by atoms with E-state index >= 15 is 0 Å². The molecule has 0 spiro atoms. The number of nitrogens with zero attached hydrogens (tertiary/aromatic N) is 1. The molecule has 0 fully saturated rings. The molecule has 0 unspecified atom stereocenters. The average molecular weight is 220 g/mol. The van der Waals surface area contributed by atoms with Crippen LogP contribution < -0.4 is 5.32 Å². The molecule has 0 aromatic carbocycles. The molecule has 0 saturated carbocycles. The first-order valence-electron chi connectivity index (χ1n) is 3.92. The van der Waals surface area contributed by atoms with Crippen molar-refractivity contribution < 1.29 is 8.42 Å². The first kappa shape index (κ1) is 10.6. The smallest absolute Gasteiger partial charge is 0.209 e. The zero-order chi connectivity index (χ0) is 9.90. The summed E-state index contributed by atoms with van der Waals surface area (Å²) in [6.45, 7) is 2.23. The van der Waals surface area contributed by atoms with E-state index in [1.807, 2.05) is 0 Å². The van der Waals surface area contributed by atoms with Crippen LogP contribution in [0.3, 0.4) is 0 Å². The lowest BCUT2D eigenvalue weighted by Crippen LogP contribution is -2.07. The van der Waals surface area contributed by atoms with E-state index in [2.05, 4.69) is 10.3 Å². The lowest BCUT2D eigenvalue weighted by molar-refractivity contribution is 0.596. The van der Waals surface area contributed by atoms with Crippen LogP contribution in [0, 0.1) is 0 Å². The Kier molecular flexibility index (Phi) is 3.40. The summed E-state index contributed by atoms with van der Waals surface area (Å²) in [5.74, 6) is 0.111. The van der Waals surface area contributed by atoms with Crippen LogP contribution in [-0.4, -0.2) is 26.2 Å². The number of rotatable bonds is 4. The van der Waals surface area contributed by atoms with Gasteiger partial charge in [0.2, 0.25) is 14.2 Å². The van der Waals surface area contributed by atoms with E-state index in [0.29, 0.717) is 6.54 Å². The van der Waals surface area contributed by atoms with Crippen molar-refractivity contribution >= 4 is 21.2 Å². The molecule has 6 heteroatoms. The lowest BCUT2D eigenvalue weighted by atomic mass is 10.5. The third-order valence-electron chi connectivity index (χ3n) is 1.53. The Morgan fingerprint density at radius 1 is 1.62 bits per heavy atom. The van der Waals surface area contributed by atoms with E-state index in [4.69, 9.17) is 0 Å². The van der Waals surface area contributed by atoms with Crippen LogP contribution in [0.1, 0.15) is 12.6 Å². The maximum absolute atomic E-state index is 11.3. The average Bonchev–Trinajstić information content (AvgIpc) is 2.54. The van der Waals surface area contributed by atoms with E-state index in [1.165, 1.54) is 11.3 Å². The fourth-order valence-electron chi connectivity index (χ4n) is 0.817. The molecule has 0 amide bonds. The van der Waals surface area contributed by atoms with Gasteiger partial charge in [-0.15, -0.1) is 11.3 Å². The highest BCUT2D eigenvalue weighted by Gasteiger charge is 2.15. The van der Waals surface area contributed by atoms with Crippen molar-refractivity contribution in [3.05, 3.63) is 11.1 Å². The molecule has 74 valence electrons. The molecule has 0 aliphatic heterocycles. The van der Waals surface area contributed by atoms with Gasteiger partial charge < -0.3 is 5.32 Å². The molecule has 13 heavy (non-hydrogen) atoms. The summed E-state index contributed by atoms with van der Waals surface area (Å²) in [5.41, 5.74) is 0.777. The Hall–Kier alpha value is -0.460. The number of thiazole rings is 1. The number of nitrogens with one attached hydrogen (secondary N) is 1. The molecule has 1 aromatic heterocycles. The summed E-state index contributed by atoms with van der Waals surface area (Å²) in [4.78, 5) is 4.01. The Balaban J connectivity index is 2.92. The normalized spacial score (nSPS) is 11.8. The fraction of sp³-hybridized carbons (Fsp3) is 0.571. The summed E-state index contributed by atoms with van der Waals surface area (Å²) < 4.78 is 22.9. The third kappa shape index (κ3) is 2.49. The molecule has 1 heterocycles. The maximum Gasteiger partial charge on any atom is 0.209 e. The number of sulfone groups is 1. The van der Waals surface area contributed by atoms with Crippen LogP contribution in [0.2, 0.25) is 0 Å². The van der Waals surface area contributed by atoms with Gasteiger partial charge in [-0.05, 0) is 7.05 Å². The van der Waals surface area contributed by atoms with E-state index in [1.54, 1.807) is 19.4 Å². The molecule has 0 aliphatic carbocycles. The second-order valence-corrected chi connectivity index (χ2v) is 5.85. The van der Waals surface area contributed by atoms with Crippen molar-refractivity contribution in [2.75, 3.05) is 12.8 Å². The Morgan fingerprint density at radius 2 is 2.31 bits per heavy atom. The van der Waals surface area contributed by atoms with Crippen molar-refractivity contribution in [2.45, 2.75) is 17.8 Å². The second-order valence-electron chi connectivity index (χ2n) is 2.54. The van der Waals surface area contributed by atoms with Gasteiger partial charge in [0.05, 0.1) is 11.4 Å². The SMILES string of the molecule is CCS(=O)(=O)c1nc(CNC)cs1. The standard InChI is InChI=1S/C7H12N2O2S2/c1-3-13(10,11)7-9-6(4-8-2)5-12-7/h5,8H,3-4H2,1-2H3. The molecule has 0 aliphatic rings. The minimum atomic E-state index is -3.12. The second kappa shape index (κ2) is 4.17. The monoisotopic (exact) mass is 220 g/mol. The molecule has 1 N–H and O–H groups in total. The first-order valence-corrected chi connectivity index (χ1v) is 6.45. The van der Waals surface area contributed by atoms with Crippen LogP contribution in [0.25, 0.3) is 0 Å². The Bertz CT molecular complexity index is 370. The molecule has 0 atom stereocenters. The number of aromatic nitrogens is 1. The van der Waals surface area contributed by atoms with Gasteiger partial charge in [0.15, 0.2) is 0 Å². The Labute approximate surface area is 81.9 Å². The topological polar surface area (TPSA) is 59.1 Å². The predicted molar refractivity (Wildman–Crippen MR) is 52.6 cm³/mol. The van der Waals surface area contributed by atoms with Gasteiger partial charge in [-0.2, -0.15) is 0 Å². The van der Waals surface area contributed by atoms with Gasteiger partial charge in [0, 0.05) is 11.9 Å². The molecule has 1 rings (SSSR count). The van der Waals surface area contributed by atoms with E-state index in [9.17, 15) is 8.42 Å². The highest BCUT2D eigenvalue weighted by molar-refractivity contribution is 7.93. The molecule has 0 radical (unpaired) electrons. The van der Waals surface area contributed by atoms with Gasteiger partial charge in [-0.1, -0.05) is 6.92 Å². The summed E-state index contributed by atoms with van der Waals surface area (Å²) in [6.07, 6.45) is 0. The predicted octanol–water partition coefficient (Wildman–Crippen LogP) is 0.656. The van der Waals surface area contributed by atoms with Crippen molar-refractivity contribution in [3.8, 4) is 0 Å². The highest BCUT2D eigenvalue weighted by Crippen LogP contribution is 2.16. The fourth-order valence-corrected chi connectivity index (χ4v) is 2.95. The van der Waals surface area contributed by atoms with Crippen LogP contribution in [-0.2, 0) is 16.4 Å². The summed E-state index contributed by atoms with van der Waals surface area (Å²) in [7, 11) is -1.32. The molecular weight excluding hydrogens is 208 g/mol. The van der Waals surface area contributed by atoms with Crippen molar-refractivity contribution in [1.82, 2.24) is 10.3 Å². The van der Waals surface area contributed by atoms with Gasteiger partial charge in [-0.25, -0.2) is 13.4 Å². The van der Waals surface area contributed by atoms with Gasteiger partial charge in [0.1, 0.15) is 0 Å². The maximum atomic E-state index is 11.3. The summed E-state index contributed by atoms with van der Waals surface area (Å²) in [5, 5.41) is 4.68. The quantitative estimate of drug-likeness (QED) is 0.809. The van der Waals surface area contributed by atoms with E-state index in [0.717, 1.165) is 5.69 Å². The van der Waals surface area contributed by atoms with E-state index in [-0.39, 0.29) is 10.1 Å². The number of hydrogen-bond acceptors (Lipinski definition) is 5. The molecule has 0 saturated heterocycles. The molecular formula is C7H12N2O2S2. The first-order chi connectivity index (χ1) is 6.10. The van der Waals surface area contributed by atoms with Crippen molar-refractivity contribution in [3.63, 3.8) is 0 Å². The largest absolute Gasteiger partial charge is 0.314 e. The zero-order valence-corrected chi connectivity index (χ0v) is 9.20. The van der Waals surface area contributed by atoms with Gasteiger partial charge in [-0.3, -0.25) is 0 Å². The van der Waals surface area contributed by atoms with Gasteiger partial charge >= 0.3 is 0 Å². The minimum absolute atomic E-state index is 0.111. The summed E-state index contributed by atoms with van der Waals surface area (Å²) >= 11 is 1.18. The lowest BCUT2D eigenvalue weighted by Gasteiger charge is -1.94. The minimum Gasteiger partial charge on any atom is -0.314 e.